The molecule has 1 aromatic carbocycles. The molecule has 5 heteroatoms. The van der Waals surface area contributed by atoms with Crippen molar-refractivity contribution in [2.75, 3.05) is 11.9 Å². The predicted molar refractivity (Wildman–Crippen MR) is 79.9 cm³/mol. The Morgan fingerprint density at radius 1 is 1.21 bits per heavy atom. The van der Waals surface area contributed by atoms with Crippen molar-refractivity contribution >= 4 is 21.9 Å². The Bertz CT molecular complexity index is 587. The van der Waals surface area contributed by atoms with Gasteiger partial charge >= 0.3 is 0 Å². The molecular formula is C14H16BrN3O. The number of ether oxygens (including phenoxy) is 1. The summed E-state index contributed by atoms with van der Waals surface area (Å²) in [6, 6.07) is 7.74. The van der Waals surface area contributed by atoms with Crippen LogP contribution >= 0.6 is 15.9 Å². The third-order valence-corrected chi connectivity index (χ3v) is 3.09. The lowest BCUT2D eigenvalue weighted by molar-refractivity contribution is 0.458. The van der Waals surface area contributed by atoms with Gasteiger partial charge in [0.1, 0.15) is 5.75 Å². The van der Waals surface area contributed by atoms with Crippen molar-refractivity contribution in [3.05, 3.63) is 40.0 Å². The number of nitrogens with one attached hydrogen (secondary N) is 1. The van der Waals surface area contributed by atoms with Crippen LogP contribution in [-0.4, -0.2) is 16.5 Å². The highest BCUT2D eigenvalue weighted by atomic mass is 79.9. The van der Waals surface area contributed by atoms with Crippen LogP contribution in [0.2, 0.25) is 0 Å². The Morgan fingerprint density at radius 3 is 2.68 bits per heavy atom. The SMILES string of the molecule is CCNc1nc(C)cc(Oc2ccc(C)cc2Br)n1. The number of anilines is 1. The fourth-order valence-electron chi connectivity index (χ4n) is 1.63. The van der Waals surface area contributed by atoms with E-state index in [4.69, 9.17) is 4.74 Å². The highest BCUT2D eigenvalue weighted by Gasteiger charge is 2.06. The van der Waals surface area contributed by atoms with Gasteiger partial charge in [-0.3, -0.25) is 0 Å². The first-order chi connectivity index (χ1) is 9.08. The zero-order valence-electron chi connectivity index (χ0n) is 11.2. The van der Waals surface area contributed by atoms with E-state index < -0.39 is 0 Å². The van der Waals surface area contributed by atoms with Crippen molar-refractivity contribution in [2.24, 2.45) is 0 Å². The van der Waals surface area contributed by atoms with E-state index in [1.54, 1.807) is 0 Å². The van der Waals surface area contributed by atoms with E-state index in [2.05, 4.69) is 31.2 Å². The molecule has 0 aliphatic carbocycles. The number of aryl methyl sites for hydroxylation is 2. The summed E-state index contributed by atoms with van der Waals surface area (Å²) in [6.07, 6.45) is 0. The maximum absolute atomic E-state index is 5.79. The van der Waals surface area contributed by atoms with Gasteiger partial charge in [-0.1, -0.05) is 6.07 Å². The molecule has 0 radical (unpaired) electrons. The van der Waals surface area contributed by atoms with Crippen LogP contribution in [0.25, 0.3) is 0 Å². The maximum Gasteiger partial charge on any atom is 0.226 e. The van der Waals surface area contributed by atoms with Gasteiger partial charge in [0.05, 0.1) is 4.47 Å². The van der Waals surface area contributed by atoms with E-state index in [-0.39, 0.29) is 0 Å². The highest BCUT2D eigenvalue weighted by molar-refractivity contribution is 9.10. The standard InChI is InChI=1S/C14H16BrN3O/c1-4-16-14-17-10(3)8-13(18-14)19-12-6-5-9(2)7-11(12)15/h5-8H,4H2,1-3H3,(H,16,17,18). The molecule has 4 nitrogen and oxygen atoms in total. The molecule has 100 valence electrons. The predicted octanol–water partition coefficient (Wildman–Crippen LogP) is 4.08. The summed E-state index contributed by atoms with van der Waals surface area (Å²) in [7, 11) is 0. The van der Waals surface area contributed by atoms with E-state index >= 15 is 0 Å². The second-order valence-electron chi connectivity index (χ2n) is 4.24. The number of aromatic nitrogens is 2. The molecule has 19 heavy (non-hydrogen) atoms. The van der Waals surface area contributed by atoms with E-state index in [1.807, 2.05) is 45.0 Å². The molecule has 0 atom stereocenters. The van der Waals surface area contributed by atoms with Gasteiger partial charge in [0, 0.05) is 18.3 Å². The minimum Gasteiger partial charge on any atom is -0.438 e. The summed E-state index contributed by atoms with van der Waals surface area (Å²) in [4.78, 5) is 8.60. The second kappa shape index (κ2) is 6.02. The lowest BCUT2D eigenvalue weighted by atomic mass is 10.2. The highest BCUT2D eigenvalue weighted by Crippen LogP contribution is 2.30. The first kappa shape index (κ1) is 13.8. The molecule has 0 spiro atoms. The van der Waals surface area contributed by atoms with E-state index in [0.717, 1.165) is 22.5 Å². The second-order valence-corrected chi connectivity index (χ2v) is 5.09. The molecule has 0 aliphatic rings. The van der Waals surface area contributed by atoms with Crippen molar-refractivity contribution in [1.29, 1.82) is 0 Å². The summed E-state index contributed by atoms with van der Waals surface area (Å²) in [5.41, 5.74) is 2.04. The minimum atomic E-state index is 0.535. The van der Waals surface area contributed by atoms with Crippen LogP contribution in [0.15, 0.2) is 28.7 Å². The molecule has 2 rings (SSSR count). The summed E-state index contributed by atoms with van der Waals surface area (Å²) < 4.78 is 6.70. The third-order valence-electron chi connectivity index (χ3n) is 2.47. The average molecular weight is 322 g/mol. The van der Waals surface area contributed by atoms with Gasteiger partial charge in [-0.15, -0.1) is 0 Å². The number of nitrogens with zero attached hydrogens (tertiary/aromatic N) is 2. The molecule has 1 heterocycles. The molecule has 0 saturated carbocycles. The van der Waals surface area contributed by atoms with E-state index in [9.17, 15) is 0 Å². The van der Waals surface area contributed by atoms with Crippen molar-refractivity contribution in [3.8, 4) is 11.6 Å². The third kappa shape index (κ3) is 3.67. The number of halogens is 1. The number of benzene rings is 1. The molecule has 0 bridgehead atoms. The topological polar surface area (TPSA) is 47.0 Å². The monoisotopic (exact) mass is 321 g/mol. The van der Waals surface area contributed by atoms with E-state index in [1.165, 1.54) is 5.56 Å². The summed E-state index contributed by atoms with van der Waals surface area (Å²) in [5, 5.41) is 3.08. The Hall–Kier alpha value is -1.62. The number of hydrogen-bond donors (Lipinski definition) is 1. The molecular weight excluding hydrogens is 306 g/mol. The van der Waals surface area contributed by atoms with Gasteiger partial charge in [0.2, 0.25) is 11.8 Å². The van der Waals surface area contributed by atoms with Crippen LogP contribution in [0.5, 0.6) is 11.6 Å². The largest absolute Gasteiger partial charge is 0.438 e. The van der Waals surface area contributed by atoms with Gasteiger partial charge in [-0.2, -0.15) is 4.98 Å². The van der Waals surface area contributed by atoms with Gasteiger partial charge in [-0.05, 0) is 54.4 Å². The van der Waals surface area contributed by atoms with Gasteiger partial charge in [0.15, 0.2) is 0 Å². The number of rotatable bonds is 4. The average Bonchev–Trinajstić information content (AvgIpc) is 2.32. The zero-order valence-corrected chi connectivity index (χ0v) is 12.8. The minimum absolute atomic E-state index is 0.535. The van der Waals surface area contributed by atoms with Crippen LogP contribution in [-0.2, 0) is 0 Å². The van der Waals surface area contributed by atoms with Crippen LogP contribution in [0.3, 0.4) is 0 Å². The Balaban J connectivity index is 2.27. The summed E-state index contributed by atoms with van der Waals surface area (Å²) >= 11 is 3.49. The van der Waals surface area contributed by atoms with Crippen LogP contribution < -0.4 is 10.1 Å². The summed E-state index contributed by atoms with van der Waals surface area (Å²) in [6.45, 7) is 6.73. The molecule has 1 aromatic heterocycles. The molecule has 0 unspecified atom stereocenters. The lowest BCUT2D eigenvalue weighted by Gasteiger charge is -2.09. The Morgan fingerprint density at radius 2 is 2.00 bits per heavy atom. The van der Waals surface area contributed by atoms with Crippen molar-refractivity contribution < 1.29 is 4.74 Å². The van der Waals surface area contributed by atoms with Crippen molar-refractivity contribution in [2.45, 2.75) is 20.8 Å². The fourth-order valence-corrected chi connectivity index (χ4v) is 2.20. The Labute approximate surface area is 121 Å². The molecule has 1 N–H and O–H groups in total. The van der Waals surface area contributed by atoms with Crippen LogP contribution in [0.1, 0.15) is 18.2 Å². The quantitative estimate of drug-likeness (QED) is 0.921. The van der Waals surface area contributed by atoms with Crippen molar-refractivity contribution in [3.63, 3.8) is 0 Å². The van der Waals surface area contributed by atoms with Gasteiger partial charge < -0.3 is 10.1 Å². The molecule has 0 fully saturated rings. The van der Waals surface area contributed by atoms with Crippen LogP contribution in [0.4, 0.5) is 5.95 Å². The van der Waals surface area contributed by atoms with Crippen molar-refractivity contribution in [1.82, 2.24) is 9.97 Å². The first-order valence-corrected chi connectivity index (χ1v) is 6.91. The fraction of sp³-hybridized carbons (Fsp3) is 0.286. The number of hydrogen-bond acceptors (Lipinski definition) is 4. The molecule has 0 aliphatic heterocycles. The smallest absolute Gasteiger partial charge is 0.226 e. The van der Waals surface area contributed by atoms with E-state index in [0.29, 0.717) is 11.8 Å². The lowest BCUT2D eigenvalue weighted by Crippen LogP contribution is -2.04. The molecule has 0 amide bonds. The Kier molecular flexibility index (Phi) is 4.37. The maximum atomic E-state index is 5.79. The summed E-state index contributed by atoms with van der Waals surface area (Å²) in [5.74, 6) is 1.86. The van der Waals surface area contributed by atoms with Crippen LogP contribution in [0, 0.1) is 13.8 Å². The first-order valence-electron chi connectivity index (χ1n) is 6.12. The van der Waals surface area contributed by atoms with Gasteiger partial charge in [-0.25, -0.2) is 4.98 Å². The van der Waals surface area contributed by atoms with Gasteiger partial charge in [0.25, 0.3) is 0 Å². The zero-order chi connectivity index (χ0) is 13.8. The molecule has 2 aromatic rings. The normalized spacial score (nSPS) is 10.3. The molecule has 0 saturated heterocycles.